The summed E-state index contributed by atoms with van der Waals surface area (Å²) in [5.74, 6) is -3.89. The second kappa shape index (κ2) is 4.32. The standard InChI is InChI=1S/C9H15NO4/c1-4-5(2)9(10,8(13)14)7(12)6(3)11/h5H,4,10H2,1-3H3,(H,13,14). The van der Waals surface area contributed by atoms with Crippen molar-refractivity contribution in [2.45, 2.75) is 32.7 Å². The Labute approximate surface area is 82.3 Å². The maximum Gasteiger partial charge on any atom is 0.332 e. The van der Waals surface area contributed by atoms with Gasteiger partial charge in [-0.05, 0) is 5.92 Å². The van der Waals surface area contributed by atoms with E-state index >= 15 is 0 Å². The molecule has 3 N–H and O–H groups in total. The van der Waals surface area contributed by atoms with Crippen LogP contribution in [-0.2, 0) is 14.4 Å². The molecule has 80 valence electrons. The van der Waals surface area contributed by atoms with Crippen molar-refractivity contribution >= 4 is 17.5 Å². The lowest BCUT2D eigenvalue weighted by atomic mass is 9.79. The van der Waals surface area contributed by atoms with Crippen LogP contribution in [0.2, 0.25) is 0 Å². The van der Waals surface area contributed by atoms with Crippen LogP contribution in [0.4, 0.5) is 0 Å². The zero-order valence-electron chi connectivity index (χ0n) is 8.53. The van der Waals surface area contributed by atoms with Crippen LogP contribution < -0.4 is 5.73 Å². The van der Waals surface area contributed by atoms with Gasteiger partial charge in [0.25, 0.3) is 0 Å². The third-order valence-electron chi connectivity index (χ3n) is 2.44. The Bertz CT molecular complexity index is 274. The molecule has 14 heavy (non-hydrogen) atoms. The van der Waals surface area contributed by atoms with Crippen molar-refractivity contribution in [3.8, 4) is 0 Å². The van der Waals surface area contributed by atoms with Gasteiger partial charge in [0, 0.05) is 6.92 Å². The van der Waals surface area contributed by atoms with Gasteiger partial charge in [-0.2, -0.15) is 0 Å². The molecule has 5 nitrogen and oxygen atoms in total. The van der Waals surface area contributed by atoms with Crippen LogP contribution in [0.1, 0.15) is 27.2 Å². The summed E-state index contributed by atoms with van der Waals surface area (Å²) in [6, 6.07) is 0. The van der Waals surface area contributed by atoms with Gasteiger partial charge < -0.3 is 10.8 Å². The normalized spacial score (nSPS) is 16.9. The molecule has 0 saturated heterocycles. The predicted octanol–water partition coefficient (Wildman–Crippen LogP) is -0.0273. The molecule has 0 amide bonds. The van der Waals surface area contributed by atoms with E-state index in [1.807, 2.05) is 0 Å². The van der Waals surface area contributed by atoms with Crippen LogP contribution in [0.3, 0.4) is 0 Å². The molecular weight excluding hydrogens is 186 g/mol. The fraction of sp³-hybridized carbons (Fsp3) is 0.667. The first-order valence-corrected chi connectivity index (χ1v) is 4.36. The highest BCUT2D eigenvalue weighted by atomic mass is 16.4. The molecule has 0 aliphatic rings. The molecular formula is C9H15NO4. The van der Waals surface area contributed by atoms with E-state index in [-0.39, 0.29) is 0 Å². The number of carboxylic acid groups (broad SMARTS) is 1. The van der Waals surface area contributed by atoms with Gasteiger partial charge in [0.05, 0.1) is 0 Å². The number of ketones is 2. The molecule has 0 aromatic rings. The number of aliphatic carboxylic acids is 1. The molecule has 0 saturated carbocycles. The summed E-state index contributed by atoms with van der Waals surface area (Å²) >= 11 is 0. The number of carboxylic acids is 1. The van der Waals surface area contributed by atoms with Gasteiger partial charge in [0.15, 0.2) is 11.3 Å². The largest absolute Gasteiger partial charge is 0.480 e. The summed E-state index contributed by atoms with van der Waals surface area (Å²) in [5, 5.41) is 8.86. The minimum absolute atomic E-state index is 0.418. The molecule has 0 spiro atoms. The lowest BCUT2D eigenvalue weighted by Gasteiger charge is -2.27. The molecule has 0 aliphatic heterocycles. The van der Waals surface area contributed by atoms with Gasteiger partial charge in [0.1, 0.15) is 0 Å². The summed E-state index contributed by atoms with van der Waals surface area (Å²) in [5.41, 5.74) is 3.39. The molecule has 0 heterocycles. The summed E-state index contributed by atoms with van der Waals surface area (Å²) in [6.07, 6.45) is 0.418. The molecule has 2 atom stereocenters. The number of carbonyl (C=O) groups excluding carboxylic acids is 2. The zero-order valence-corrected chi connectivity index (χ0v) is 8.53. The number of hydrogen-bond acceptors (Lipinski definition) is 4. The van der Waals surface area contributed by atoms with E-state index in [1.54, 1.807) is 6.92 Å². The van der Waals surface area contributed by atoms with E-state index < -0.39 is 29.0 Å². The number of carbonyl (C=O) groups is 3. The Morgan fingerprint density at radius 2 is 1.86 bits per heavy atom. The first-order valence-electron chi connectivity index (χ1n) is 4.36. The SMILES string of the molecule is CCC(C)C(N)(C(=O)O)C(=O)C(C)=O. The summed E-state index contributed by atoms with van der Waals surface area (Å²) in [6.45, 7) is 4.27. The van der Waals surface area contributed by atoms with Crippen molar-refractivity contribution in [2.24, 2.45) is 11.7 Å². The van der Waals surface area contributed by atoms with Gasteiger partial charge in [-0.15, -0.1) is 0 Å². The molecule has 0 aromatic carbocycles. The Balaban J connectivity index is 5.20. The predicted molar refractivity (Wildman–Crippen MR) is 49.7 cm³/mol. The van der Waals surface area contributed by atoms with E-state index in [2.05, 4.69) is 0 Å². The fourth-order valence-corrected chi connectivity index (χ4v) is 1.14. The van der Waals surface area contributed by atoms with Gasteiger partial charge >= 0.3 is 5.97 Å². The number of nitrogens with two attached hydrogens (primary N) is 1. The third kappa shape index (κ3) is 1.98. The van der Waals surface area contributed by atoms with Crippen molar-refractivity contribution in [1.29, 1.82) is 0 Å². The molecule has 2 unspecified atom stereocenters. The van der Waals surface area contributed by atoms with Gasteiger partial charge in [-0.3, -0.25) is 9.59 Å². The highest BCUT2D eigenvalue weighted by Gasteiger charge is 2.47. The lowest BCUT2D eigenvalue weighted by molar-refractivity contribution is -0.154. The Morgan fingerprint density at radius 1 is 1.43 bits per heavy atom. The molecule has 0 fully saturated rings. The van der Waals surface area contributed by atoms with E-state index in [1.165, 1.54) is 6.92 Å². The number of rotatable bonds is 5. The molecule has 0 rings (SSSR count). The van der Waals surface area contributed by atoms with Gasteiger partial charge in [-0.25, -0.2) is 4.79 Å². The number of hydrogen-bond donors (Lipinski definition) is 2. The van der Waals surface area contributed by atoms with Gasteiger partial charge in [-0.1, -0.05) is 20.3 Å². The average molecular weight is 201 g/mol. The molecule has 0 bridgehead atoms. The van der Waals surface area contributed by atoms with Crippen LogP contribution in [0.15, 0.2) is 0 Å². The van der Waals surface area contributed by atoms with Crippen molar-refractivity contribution in [3.05, 3.63) is 0 Å². The quantitative estimate of drug-likeness (QED) is 0.481. The summed E-state index contributed by atoms with van der Waals surface area (Å²) in [4.78, 5) is 33.0. The fourth-order valence-electron chi connectivity index (χ4n) is 1.14. The van der Waals surface area contributed by atoms with Crippen molar-refractivity contribution in [1.82, 2.24) is 0 Å². The monoisotopic (exact) mass is 201 g/mol. The first-order chi connectivity index (χ1) is 6.28. The summed E-state index contributed by atoms with van der Waals surface area (Å²) in [7, 11) is 0. The zero-order chi connectivity index (χ0) is 11.5. The van der Waals surface area contributed by atoms with Crippen LogP contribution in [0, 0.1) is 5.92 Å². The highest BCUT2D eigenvalue weighted by molar-refractivity contribution is 6.43. The minimum Gasteiger partial charge on any atom is -0.480 e. The van der Waals surface area contributed by atoms with Crippen molar-refractivity contribution in [2.75, 3.05) is 0 Å². The maximum absolute atomic E-state index is 11.4. The second-order valence-electron chi connectivity index (χ2n) is 3.37. The highest BCUT2D eigenvalue weighted by Crippen LogP contribution is 2.19. The lowest BCUT2D eigenvalue weighted by Crippen LogP contribution is -2.61. The third-order valence-corrected chi connectivity index (χ3v) is 2.44. The average Bonchev–Trinajstić information content (AvgIpc) is 2.13. The molecule has 0 radical (unpaired) electrons. The van der Waals surface area contributed by atoms with Crippen LogP contribution in [-0.4, -0.2) is 28.2 Å². The smallest absolute Gasteiger partial charge is 0.332 e. The van der Waals surface area contributed by atoms with E-state index in [0.29, 0.717) is 6.42 Å². The van der Waals surface area contributed by atoms with Crippen LogP contribution in [0.25, 0.3) is 0 Å². The first kappa shape index (κ1) is 12.8. The summed E-state index contributed by atoms with van der Waals surface area (Å²) < 4.78 is 0. The van der Waals surface area contributed by atoms with Crippen LogP contribution in [0.5, 0.6) is 0 Å². The van der Waals surface area contributed by atoms with Crippen molar-refractivity contribution in [3.63, 3.8) is 0 Å². The molecule has 5 heteroatoms. The Kier molecular flexibility index (Phi) is 3.94. The van der Waals surface area contributed by atoms with Crippen LogP contribution >= 0.6 is 0 Å². The maximum atomic E-state index is 11.4. The minimum atomic E-state index is -2.08. The van der Waals surface area contributed by atoms with E-state index in [4.69, 9.17) is 10.8 Å². The Morgan fingerprint density at radius 3 is 2.07 bits per heavy atom. The number of Topliss-reactive ketones (excluding diaryl/α,β-unsaturated/α-hetero) is 2. The Hall–Kier alpha value is -1.23. The molecule has 0 aliphatic carbocycles. The van der Waals surface area contributed by atoms with E-state index in [0.717, 1.165) is 6.92 Å². The van der Waals surface area contributed by atoms with Crippen molar-refractivity contribution < 1.29 is 19.5 Å². The van der Waals surface area contributed by atoms with Gasteiger partial charge in [0.2, 0.25) is 5.78 Å². The van der Waals surface area contributed by atoms with E-state index in [9.17, 15) is 14.4 Å². The topological polar surface area (TPSA) is 97.5 Å². The second-order valence-corrected chi connectivity index (χ2v) is 3.37. The molecule has 0 aromatic heterocycles.